The summed E-state index contributed by atoms with van der Waals surface area (Å²) in [5, 5.41) is 75.6. The highest BCUT2D eigenvalue weighted by Crippen LogP contribution is 2.23. The van der Waals surface area contributed by atoms with Crippen molar-refractivity contribution in [3.8, 4) is 0 Å². The molecule has 1 aliphatic rings. The molecular weight excluding hydrogens is 751 g/mol. The average molecular weight is 842 g/mol. The third-order valence-corrected chi connectivity index (χ3v) is 11.7. The van der Waals surface area contributed by atoms with E-state index in [1.165, 1.54) is 128 Å². The predicted molar refractivity (Wildman–Crippen MR) is 238 cm³/mol. The maximum Gasteiger partial charge on any atom is 0.249 e. The van der Waals surface area contributed by atoms with Crippen LogP contribution in [0.4, 0.5) is 0 Å². The van der Waals surface area contributed by atoms with Crippen LogP contribution >= 0.6 is 0 Å². The number of rotatable bonds is 40. The lowest BCUT2D eigenvalue weighted by Crippen LogP contribution is -2.60. The summed E-state index contributed by atoms with van der Waals surface area (Å²) in [6.45, 7) is 3.41. The third kappa shape index (κ3) is 28.0. The second-order valence-corrected chi connectivity index (χ2v) is 17.2. The van der Waals surface area contributed by atoms with Gasteiger partial charge in [-0.1, -0.05) is 167 Å². The minimum Gasteiger partial charge on any atom is -0.394 e. The molecule has 59 heavy (non-hydrogen) atoms. The molecule has 1 amide bonds. The Morgan fingerprint density at radius 3 is 1.46 bits per heavy atom. The van der Waals surface area contributed by atoms with Gasteiger partial charge in [0.05, 0.1) is 25.4 Å². The Bertz CT molecular complexity index is 1010. The number of nitrogens with one attached hydrogen (secondary N) is 1. The largest absolute Gasteiger partial charge is 0.394 e. The van der Waals surface area contributed by atoms with Crippen molar-refractivity contribution in [1.29, 1.82) is 0 Å². The number of carbonyl (C=O) groups is 1. The number of allylic oxidation sites excluding steroid dienone is 4. The van der Waals surface area contributed by atoms with E-state index >= 15 is 0 Å². The van der Waals surface area contributed by atoms with Crippen molar-refractivity contribution in [3.63, 3.8) is 0 Å². The Kier molecular flexibility index (Phi) is 36.1. The van der Waals surface area contributed by atoms with Crippen molar-refractivity contribution in [2.45, 2.75) is 262 Å². The van der Waals surface area contributed by atoms with Crippen LogP contribution in [-0.4, -0.2) is 110 Å². The van der Waals surface area contributed by atoms with Crippen molar-refractivity contribution in [3.05, 3.63) is 24.3 Å². The standard InChI is InChI=1S/C48H91NO10/c1-3-5-7-9-11-13-15-17-18-19-20-21-22-23-24-26-28-30-32-34-36-41(52)47(57)49-39(38-58-48-46(56)45(55)44(54)42(37-50)59-48)43(53)40(51)35-33-31-29-27-25-16-14-12-10-8-6-4-2/h17-18,27,29,39-46,48,50-56H,3-16,19-26,28,30-38H2,1-2H3,(H,49,57)/b18-17-,29-27-/t39-,40+,41+,42+,43-,44+,45-,46+,48+/m0/s1. The molecule has 1 rings (SSSR count). The molecule has 11 nitrogen and oxygen atoms in total. The molecule has 0 aromatic carbocycles. The summed E-state index contributed by atoms with van der Waals surface area (Å²) in [7, 11) is 0. The number of ether oxygens (including phenoxy) is 2. The summed E-state index contributed by atoms with van der Waals surface area (Å²) in [6.07, 6.45) is 30.9. The molecule has 0 aliphatic carbocycles. The number of aliphatic hydroxyl groups is 7. The second-order valence-electron chi connectivity index (χ2n) is 17.2. The molecule has 0 aromatic rings. The zero-order chi connectivity index (χ0) is 43.4. The monoisotopic (exact) mass is 842 g/mol. The fourth-order valence-corrected chi connectivity index (χ4v) is 7.67. The fraction of sp³-hybridized carbons (Fsp3) is 0.896. The van der Waals surface area contributed by atoms with Gasteiger partial charge in [0.15, 0.2) is 6.29 Å². The van der Waals surface area contributed by atoms with Crippen LogP contribution in [0.15, 0.2) is 24.3 Å². The van der Waals surface area contributed by atoms with E-state index in [0.717, 1.165) is 38.5 Å². The smallest absolute Gasteiger partial charge is 0.249 e. The van der Waals surface area contributed by atoms with Crippen LogP contribution in [-0.2, 0) is 14.3 Å². The Labute approximate surface area is 359 Å². The second kappa shape index (κ2) is 38.3. The lowest BCUT2D eigenvalue weighted by Gasteiger charge is -2.40. The van der Waals surface area contributed by atoms with E-state index in [-0.39, 0.29) is 12.8 Å². The minimum atomic E-state index is -1.67. The van der Waals surface area contributed by atoms with Crippen molar-refractivity contribution >= 4 is 5.91 Å². The van der Waals surface area contributed by atoms with Crippen LogP contribution in [0.5, 0.6) is 0 Å². The molecule has 11 heteroatoms. The zero-order valence-corrected chi connectivity index (χ0v) is 37.5. The fourth-order valence-electron chi connectivity index (χ4n) is 7.67. The van der Waals surface area contributed by atoms with Crippen LogP contribution in [0.1, 0.15) is 206 Å². The first-order chi connectivity index (χ1) is 28.7. The molecule has 0 unspecified atom stereocenters. The molecule has 0 aromatic heterocycles. The topological polar surface area (TPSA) is 189 Å². The number of hydrogen-bond acceptors (Lipinski definition) is 10. The lowest BCUT2D eigenvalue weighted by atomic mass is 9.98. The summed E-state index contributed by atoms with van der Waals surface area (Å²) in [6, 6.07) is -1.18. The highest BCUT2D eigenvalue weighted by Gasteiger charge is 2.44. The lowest BCUT2D eigenvalue weighted by molar-refractivity contribution is -0.303. The Hall–Kier alpha value is -1.41. The van der Waals surface area contributed by atoms with E-state index in [9.17, 15) is 40.5 Å². The van der Waals surface area contributed by atoms with Crippen LogP contribution in [0.3, 0.4) is 0 Å². The molecule has 1 fully saturated rings. The van der Waals surface area contributed by atoms with Crippen molar-refractivity contribution in [2.24, 2.45) is 0 Å². The molecule has 0 bridgehead atoms. The molecule has 1 saturated heterocycles. The maximum atomic E-state index is 13.1. The molecule has 1 heterocycles. The van der Waals surface area contributed by atoms with Gasteiger partial charge in [-0.25, -0.2) is 0 Å². The van der Waals surface area contributed by atoms with Crippen molar-refractivity contribution < 1.29 is 50.0 Å². The molecule has 1 aliphatic heterocycles. The van der Waals surface area contributed by atoms with E-state index in [1.807, 2.05) is 0 Å². The average Bonchev–Trinajstić information content (AvgIpc) is 3.23. The van der Waals surface area contributed by atoms with Gasteiger partial charge in [-0.15, -0.1) is 0 Å². The van der Waals surface area contributed by atoms with E-state index < -0.39 is 74.2 Å². The highest BCUT2D eigenvalue weighted by molar-refractivity contribution is 5.80. The summed E-state index contributed by atoms with van der Waals surface area (Å²) >= 11 is 0. The molecule has 348 valence electrons. The summed E-state index contributed by atoms with van der Waals surface area (Å²) < 4.78 is 11.1. The first-order valence-corrected chi connectivity index (χ1v) is 24.2. The van der Waals surface area contributed by atoms with Gasteiger partial charge in [-0.3, -0.25) is 4.79 Å². The van der Waals surface area contributed by atoms with Crippen LogP contribution in [0, 0.1) is 0 Å². The number of hydrogen-bond donors (Lipinski definition) is 8. The van der Waals surface area contributed by atoms with Gasteiger partial charge in [0, 0.05) is 0 Å². The van der Waals surface area contributed by atoms with Gasteiger partial charge in [-0.2, -0.15) is 0 Å². The quantitative estimate of drug-likeness (QED) is 0.0221. The maximum absolute atomic E-state index is 13.1. The number of carbonyl (C=O) groups excluding carboxylic acids is 1. The van der Waals surface area contributed by atoms with Gasteiger partial charge in [0.2, 0.25) is 5.91 Å². The van der Waals surface area contributed by atoms with Crippen LogP contribution in [0.25, 0.3) is 0 Å². The number of aliphatic hydroxyl groups excluding tert-OH is 7. The normalized spacial score (nSPS) is 21.9. The van der Waals surface area contributed by atoms with E-state index in [1.54, 1.807) is 0 Å². The number of amides is 1. The molecule has 8 N–H and O–H groups in total. The Balaban J connectivity index is 2.41. The van der Waals surface area contributed by atoms with Gasteiger partial charge >= 0.3 is 0 Å². The zero-order valence-electron chi connectivity index (χ0n) is 37.5. The molecule has 0 spiro atoms. The Morgan fingerprint density at radius 2 is 1.00 bits per heavy atom. The van der Waals surface area contributed by atoms with Gasteiger partial charge in [-0.05, 0) is 64.2 Å². The summed E-state index contributed by atoms with van der Waals surface area (Å²) in [4.78, 5) is 13.1. The van der Waals surface area contributed by atoms with Crippen molar-refractivity contribution in [2.75, 3.05) is 13.2 Å². The predicted octanol–water partition coefficient (Wildman–Crippen LogP) is 8.23. The van der Waals surface area contributed by atoms with E-state index in [0.29, 0.717) is 12.8 Å². The molecular formula is C48H91NO10. The Morgan fingerprint density at radius 1 is 0.576 bits per heavy atom. The summed E-state index contributed by atoms with van der Waals surface area (Å²) in [5.41, 5.74) is 0. The highest BCUT2D eigenvalue weighted by atomic mass is 16.7. The van der Waals surface area contributed by atoms with E-state index in [4.69, 9.17) is 9.47 Å². The SMILES string of the molecule is CCCCCCCC/C=C\CCCCCCCCCCCC[C@@H](O)C(=O)N[C@@H](CO[C@@H]1O[C@H](CO)[C@@H](O)[C@H](O)[C@H]1O)[C@H](O)[C@H](O)CCC/C=C\CCCCCCCCC. The first kappa shape index (κ1) is 55.6. The van der Waals surface area contributed by atoms with Gasteiger partial charge in [0.1, 0.15) is 36.6 Å². The molecule has 0 radical (unpaired) electrons. The van der Waals surface area contributed by atoms with Gasteiger partial charge in [0.25, 0.3) is 0 Å². The van der Waals surface area contributed by atoms with Crippen molar-refractivity contribution in [1.82, 2.24) is 5.32 Å². The molecule has 9 atom stereocenters. The minimum absolute atomic E-state index is 0.253. The first-order valence-electron chi connectivity index (χ1n) is 24.2. The summed E-state index contributed by atoms with van der Waals surface area (Å²) in [5.74, 6) is -0.708. The third-order valence-electron chi connectivity index (χ3n) is 11.7. The van der Waals surface area contributed by atoms with E-state index in [2.05, 4.69) is 43.5 Å². The van der Waals surface area contributed by atoms with Crippen LogP contribution < -0.4 is 5.32 Å². The molecule has 0 saturated carbocycles. The van der Waals surface area contributed by atoms with Crippen LogP contribution in [0.2, 0.25) is 0 Å². The van der Waals surface area contributed by atoms with Gasteiger partial charge < -0.3 is 50.5 Å². The number of unbranched alkanes of at least 4 members (excludes halogenated alkanes) is 24.